The van der Waals surface area contributed by atoms with Gasteiger partial charge < -0.3 is 16.0 Å². The maximum atomic E-state index is 12.6. The smallest absolute Gasteiger partial charge is 0.237 e. The van der Waals surface area contributed by atoms with E-state index in [0.29, 0.717) is 12.0 Å². The van der Waals surface area contributed by atoms with Crippen molar-refractivity contribution in [3.63, 3.8) is 0 Å². The Bertz CT molecular complexity index is 562. The lowest BCUT2D eigenvalue weighted by molar-refractivity contribution is -0.124. The molecule has 0 aromatic carbocycles. The van der Waals surface area contributed by atoms with Gasteiger partial charge in [0.25, 0.3) is 0 Å². The van der Waals surface area contributed by atoms with Crippen LogP contribution in [0.25, 0.3) is 0 Å². The lowest BCUT2D eigenvalue weighted by Gasteiger charge is -2.29. The molecule has 24 heavy (non-hydrogen) atoms. The highest BCUT2D eigenvalue weighted by Gasteiger charge is 2.27. The fourth-order valence-electron chi connectivity index (χ4n) is 3.81. The number of carbonyl (C=O) groups is 1. The number of fused-ring (bicyclic) bond motifs is 1. The molecule has 134 valence electrons. The van der Waals surface area contributed by atoms with Crippen LogP contribution in [0, 0.1) is 18.8 Å². The first-order valence-corrected chi connectivity index (χ1v) is 9.35. The molecule has 1 aliphatic carbocycles. The Morgan fingerprint density at radius 3 is 2.88 bits per heavy atom. The minimum atomic E-state index is -0.119. The van der Waals surface area contributed by atoms with Crippen LogP contribution in [0.2, 0.25) is 0 Å². The number of hydrogen-bond acceptors (Lipinski definition) is 4. The molecule has 6 nitrogen and oxygen atoms in total. The summed E-state index contributed by atoms with van der Waals surface area (Å²) >= 11 is 0. The van der Waals surface area contributed by atoms with Crippen molar-refractivity contribution < 1.29 is 4.79 Å². The number of anilines is 1. The number of rotatable bonds is 6. The van der Waals surface area contributed by atoms with Gasteiger partial charge in [-0.15, -0.1) is 0 Å². The van der Waals surface area contributed by atoms with Crippen LogP contribution in [0.3, 0.4) is 0 Å². The third-order valence-electron chi connectivity index (χ3n) is 5.18. The van der Waals surface area contributed by atoms with E-state index in [4.69, 9.17) is 0 Å². The van der Waals surface area contributed by atoms with Crippen LogP contribution < -0.4 is 16.0 Å². The van der Waals surface area contributed by atoms with Crippen molar-refractivity contribution in [2.75, 3.05) is 18.4 Å². The maximum Gasteiger partial charge on any atom is 0.237 e. The molecule has 1 saturated carbocycles. The summed E-state index contributed by atoms with van der Waals surface area (Å²) in [5.41, 5.74) is 1.04. The first kappa shape index (κ1) is 17.3. The highest BCUT2D eigenvalue weighted by atomic mass is 16.2. The van der Waals surface area contributed by atoms with Crippen LogP contribution in [-0.2, 0) is 11.3 Å². The quantitative estimate of drug-likeness (QED) is 0.744. The maximum absolute atomic E-state index is 12.6. The van der Waals surface area contributed by atoms with Crippen LogP contribution in [0.1, 0.15) is 45.2 Å². The average molecular weight is 333 g/mol. The molecular weight excluding hydrogens is 302 g/mol. The van der Waals surface area contributed by atoms with E-state index in [1.54, 1.807) is 0 Å². The summed E-state index contributed by atoms with van der Waals surface area (Å²) in [5.74, 6) is 1.99. The van der Waals surface area contributed by atoms with Gasteiger partial charge in [-0.05, 0) is 25.7 Å². The number of hydrogen-bond donors (Lipinski definition) is 3. The van der Waals surface area contributed by atoms with Crippen LogP contribution >= 0.6 is 0 Å². The largest absolute Gasteiger partial charge is 0.370 e. The number of aromatic nitrogens is 2. The van der Waals surface area contributed by atoms with E-state index in [-0.39, 0.29) is 17.9 Å². The predicted octanol–water partition coefficient (Wildman–Crippen LogP) is 1.91. The van der Waals surface area contributed by atoms with E-state index < -0.39 is 0 Å². The number of nitrogens with zero attached hydrogens (tertiary/aromatic N) is 2. The Morgan fingerprint density at radius 2 is 2.17 bits per heavy atom. The fraction of sp³-hybridized carbons (Fsp3) is 0.778. The van der Waals surface area contributed by atoms with E-state index in [1.165, 1.54) is 12.8 Å². The van der Waals surface area contributed by atoms with Crippen molar-refractivity contribution in [1.29, 1.82) is 0 Å². The summed E-state index contributed by atoms with van der Waals surface area (Å²) in [6, 6.07) is 2.34. The first-order chi connectivity index (χ1) is 11.5. The van der Waals surface area contributed by atoms with E-state index in [2.05, 4.69) is 41.0 Å². The van der Waals surface area contributed by atoms with Crippen molar-refractivity contribution in [3.05, 3.63) is 11.8 Å². The molecule has 0 spiro atoms. The van der Waals surface area contributed by atoms with Gasteiger partial charge >= 0.3 is 0 Å². The Hall–Kier alpha value is -1.56. The summed E-state index contributed by atoms with van der Waals surface area (Å²) in [4.78, 5) is 12.6. The summed E-state index contributed by atoms with van der Waals surface area (Å²) in [7, 11) is 0. The normalized spacial score (nSPS) is 22.2. The second-order valence-corrected chi connectivity index (χ2v) is 7.72. The summed E-state index contributed by atoms with van der Waals surface area (Å²) < 4.78 is 2.04. The van der Waals surface area contributed by atoms with Gasteiger partial charge in [0.05, 0.1) is 11.7 Å². The second kappa shape index (κ2) is 7.55. The van der Waals surface area contributed by atoms with Gasteiger partial charge in [-0.2, -0.15) is 5.10 Å². The van der Waals surface area contributed by atoms with Crippen molar-refractivity contribution >= 4 is 11.7 Å². The van der Waals surface area contributed by atoms with Gasteiger partial charge in [0.15, 0.2) is 0 Å². The van der Waals surface area contributed by atoms with Crippen molar-refractivity contribution in [3.8, 4) is 0 Å². The average Bonchev–Trinajstić information content (AvgIpc) is 3.14. The lowest BCUT2D eigenvalue weighted by Crippen LogP contribution is -2.51. The zero-order chi connectivity index (χ0) is 17.1. The molecule has 0 radical (unpaired) electrons. The minimum Gasteiger partial charge on any atom is -0.370 e. The van der Waals surface area contributed by atoms with Gasteiger partial charge in [-0.3, -0.25) is 4.79 Å². The van der Waals surface area contributed by atoms with Gasteiger partial charge in [-0.25, -0.2) is 4.68 Å². The summed E-state index contributed by atoms with van der Waals surface area (Å²) in [5, 5.41) is 14.7. The number of carbonyl (C=O) groups excluding carboxylic acids is 1. The monoisotopic (exact) mass is 333 g/mol. The molecular formula is C18H31N5O. The third kappa shape index (κ3) is 4.09. The van der Waals surface area contributed by atoms with Gasteiger partial charge in [-0.1, -0.05) is 26.7 Å². The Morgan fingerprint density at radius 1 is 1.42 bits per heavy atom. The first-order valence-electron chi connectivity index (χ1n) is 9.35. The second-order valence-electron chi connectivity index (χ2n) is 7.72. The molecule has 1 aliphatic heterocycles. The zero-order valence-corrected chi connectivity index (χ0v) is 15.1. The Kier molecular flexibility index (Phi) is 5.43. The number of aryl methyl sites for hydroxylation is 1. The summed E-state index contributed by atoms with van der Waals surface area (Å²) in [6.45, 7) is 8.89. The Balaban J connectivity index is 1.51. The third-order valence-corrected chi connectivity index (χ3v) is 5.18. The SMILES string of the molecule is Cc1cc2n(n1)C[C@H](CN[C@@H](C(=O)NC1CCCC1)C(C)C)CN2. The van der Waals surface area contributed by atoms with Gasteiger partial charge in [0.1, 0.15) is 5.82 Å². The van der Waals surface area contributed by atoms with E-state index in [1.807, 2.05) is 11.6 Å². The lowest BCUT2D eigenvalue weighted by atomic mass is 10.0. The molecule has 0 unspecified atom stereocenters. The topological polar surface area (TPSA) is 71.0 Å². The van der Waals surface area contributed by atoms with E-state index in [0.717, 1.165) is 44.0 Å². The molecule has 1 amide bonds. The van der Waals surface area contributed by atoms with Crippen LogP contribution in [0.5, 0.6) is 0 Å². The van der Waals surface area contributed by atoms with Gasteiger partial charge in [0, 0.05) is 37.7 Å². The highest BCUT2D eigenvalue weighted by Crippen LogP contribution is 2.19. The zero-order valence-electron chi connectivity index (χ0n) is 15.1. The molecule has 2 aliphatic rings. The molecule has 2 heterocycles. The Labute approximate surface area is 144 Å². The molecule has 1 fully saturated rings. The fourth-order valence-corrected chi connectivity index (χ4v) is 3.81. The molecule has 1 aromatic heterocycles. The predicted molar refractivity (Wildman–Crippen MR) is 96.0 cm³/mol. The van der Waals surface area contributed by atoms with E-state index >= 15 is 0 Å². The van der Waals surface area contributed by atoms with Crippen molar-refractivity contribution in [1.82, 2.24) is 20.4 Å². The van der Waals surface area contributed by atoms with Crippen LogP contribution in [0.4, 0.5) is 5.82 Å². The standard InChI is InChI=1S/C18H31N5O/c1-12(2)17(18(24)21-15-6-4-5-7-15)20-10-14-9-19-16-8-13(3)22-23(16)11-14/h8,12,14-15,17,19-20H,4-7,9-11H2,1-3H3,(H,21,24)/t14-,17+/m0/s1. The number of nitrogens with one attached hydrogen (secondary N) is 3. The van der Waals surface area contributed by atoms with Crippen LogP contribution in [-0.4, -0.2) is 40.9 Å². The van der Waals surface area contributed by atoms with Crippen molar-refractivity contribution in [2.24, 2.45) is 11.8 Å². The number of amides is 1. The molecule has 1 aromatic rings. The van der Waals surface area contributed by atoms with Crippen LogP contribution in [0.15, 0.2) is 6.07 Å². The molecule has 2 atom stereocenters. The molecule has 0 bridgehead atoms. The minimum absolute atomic E-state index is 0.119. The molecule has 3 N–H and O–H groups in total. The van der Waals surface area contributed by atoms with Gasteiger partial charge in [0.2, 0.25) is 5.91 Å². The van der Waals surface area contributed by atoms with Crippen molar-refractivity contribution in [2.45, 2.75) is 65.1 Å². The molecule has 6 heteroatoms. The molecule has 0 saturated heterocycles. The summed E-state index contributed by atoms with van der Waals surface area (Å²) in [6.07, 6.45) is 4.74. The highest BCUT2D eigenvalue weighted by molar-refractivity contribution is 5.82. The van der Waals surface area contributed by atoms with E-state index in [9.17, 15) is 4.79 Å². The molecule has 3 rings (SSSR count).